The highest BCUT2D eigenvalue weighted by Gasteiger charge is 2.28. The first-order valence-electron chi connectivity index (χ1n) is 7.75. The van der Waals surface area contributed by atoms with E-state index in [1.807, 2.05) is 0 Å². The van der Waals surface area contributed by atoms with E-state index in [1.54, 1.807) is 0 Å². The van der Waals surface area contributed by atoms with Gasteiger partial charge in [-0.05, 0) is 30.0 Å². The number of nitrogens with two attached hydrogens (primary N) is 1. The molecule has 0 radical (unpaired) electrons. The fourth-order valence-corrected chi connectivity index (χ4v) is 3.47. The SMILES string of the molecule is CN1CCCc2cc(C(C(N)=O)N3CCNCC3)ccc21. The minimum atomic E-state index is -0.301. The second-order valence-electron chi connectivity index (χ2n) is 6.00. The van der Waals surface area contributed by atoms with Crippen LogP contribution in [0.1, 0.15) is 23.6 Å². The van der Waals surface area contributed by atoms with E-state index >= 15 is 0 Å². The van der Waals surface area contributed by atoms with Crippen LogP contribution in [0.3, 0.4) is 0 Å². The van der Waals surface area contributed by atoms with Gasteiger partial charge in [0.05, 0.1) is 0 Å². The number of rotatable bonds is 3. The van der Waals surface area contributed by atoms with Crippen molar-refractivity contribution < 1.29 is 4.79 Å². The number of amides is 1. The Morgan fingerprint density at radius 2 is 2.05 bits per heavy atom. The van der Waals surface area contributed by atoms with E-state index in [-0.39, 0.29) is 11.9 Å². The van der Waals surface area contributed by atoms with Crippen LogP contribution in [-0.2, 0) is 11.2 Å². The molecule has 1 amide bonds. The maximum absolute atomic E-state index is 12.0. The summed E-state index contributed by atoms with van der Waals surface area (Å²) in [6.07, 6.45) is 2.25. The van der Waals surface area contributed by atoms with Gasteiger partial charge < -0.3 is 16.0 Å². The molecular weight excluding hydrogens is 264 g/mol. The van der Waals surface area contributed by atoms with Gasteiger partial charge in [-0.15, -0.1) is 0 Å². The Morgan fingerprint density at radius 3 is 2.76 bits per heavy atom. The van der Waals surface area contributed by atoms with E-state index in [1.165, 1.54) is 17.7 Å². The highest BCUT2D eigenvalue weighted by Crippen LogP contribution is 2.30. The topological polar surface area (TPSA) is 61.6 Å². The molecule has 5 heteroatoms. The third-order valence-electron chi connectivity index (χ3n) is 4.56. The van der Waals surface area contributed by atoms with E-state index in [4.69, 9.17) is 5.73 Å². The van der Waals surface area contributed by atoms with E-state index in [0.29, 0.717) is 0 Å². The Hall–Kier alpha value is -1.59. The summed E-state index contributed by atoms with van der Waals surface area (Å²) in [6, 6.07) is 6.09. The molecule has 2 aliphatic heterocycles. The number of hydrogen-bond donors (Lipinski definition) is 2. The summed E-state index contributed by atoms with van der Waals surface area (Å²) in [5.41, 5.74) is 9.35. The fourth-order valence-electron chi connectivity index (χ4n) is 3.47. The lowest BCUT2D eigenvalue weighted by Crippen LogP contribution is -2.48. The smallest absolute Gasteiger partial charge is 0.239 e. The lowest BCUT2D eigenvalue weighted by Gasteiger charge is -2.34. The maximum atomic E-state index is 12.0. The summed E-state index contributed by atoms with van der Waals surface area (Å²) < 4.78 is 0. The molecule has 1 unspecified atom stereocenters. The molecule has 1 saturated heterocycles. The molecular formula is C16H24N4O. The zero-order chi connectivity index (χ0) is 14.8. The normalized spacial score (nSPS) is 20.9. The summed E-state index contributed by atoms with van der Waals surface area (Å²) in [5.74, 6) is -0.249. The zero-order valence-corrected chi connectivity index (χ0v) is 12.6. The molecule has 21 heavy (non-hydrogen) atoms. The molecule has 0 spiro atoms. The summed E-state index contributed by atoms with van der Waals surface area (Å²) in [4.78, 5) is 16.5. The van der Waals surface area contributed by atoms with Crippen LogP contribution in [0, 0.1) is 0 Å². The van der Waals surface area contributed by atoms with Crippen LogP contribution in [0.4, 0.5) is 5.69 Å². The molecule has 0 bridgehead atoms. The van der Waals surface area contributed by atoms with Gasteiger partial charge in [-0.2, -0.15) is 0 Å². The van der Waals surface area contributed by atoms with Crippen molar-refractivity contribution in [3.05, 3.63) is 29.3 Å². The number of nitrogens with one attached hydrogen (secondary N) is 1. The second kappa shape index (κ2) is 6.03. The molecule has 114 valence electrons. The van der Waals surface area contributed by atoms with Crippen molar-refractivity contribution in [2.45, 2.75) is 18.9 Å². The first-order chi connectivity index (χ1) is 10.2. The molecule has 0 aliphatic carbocycles. The molecule has 1 atom stereocenters. The first kappa shape index (κ1) is 14.4. The van der Waals surface area contributed by atoms with Crippen LogP contribution in [0.5, 0.6) is 0 Å². The van der Waals surface area contributed by atoms with Crippen LogP contribution >= 0.6 is 0 Å². The molecule has 0 aromatic heterocycles. The third-order valence-corrected chi connectivity index (χ3v) is 4.56. The molecule has 1 aromatic rings. The van der Waals surface area contributed by atoms with E-state index in [0.717, 1.165) is 44.7 Å². The average molecular weight is 288 g/mol. The van der Waals surface area contributed by atoms with Gasteiger partial charge in [-0.3, -0.25) is 9.69 Å². The number of benzene rings is 1. The van der Waals surface area contributed by atoms with Gasteiger partial charge >= 0.3 is 0 Å². The molecule has 2 heterocycles. The Balaban J connectivity index is 1.90. The maximum Gasteiger partial charge on any atom is 0.239 e. The molecule has 3 N–H and O–H groups in total. The minimum absolute atomic E-state index is 0.249. The molecule has 1 fully saturated rings. The van der Waals surface area contributed by atoms with Gasteiger partial charge in [-0.1, -0.05) is 12.1 Å². The number of aryl methyl sites for hydroxylation is 1. The summed E-state index contributed by atoms with van der Waals surface area (Å²) in [7, 11) is 2.12. The van der Waals surface area contributed by atoms with Crippen LogP contribution in [0.15, 0.2) is 18.2 Å². The Labute approximate surface area is 126 Å². The van der Waals surface area contributed by atoms with Crippen molar-refractivity contribution >= 4 is 11.6 Å². The standard InChI is InChI=1S/C16H24N4O/c1-19-8-2-3-12-11-13(4-5-14(12)19)15(16(17)21)20-9-6-18-7-10-20/h4-5,11,15,18H,2-3,6-10H2,1H3,(H2,17,21). The largest absolute Gasteiger partial charge is 0.374 e. The highest BCUT2D eigenvalue weighted by atomic mass is 16.1. The first-order valence-corrected chi connectivity index (χ1v) is 7.75. The number of hydrogen-bond acceptors (Lipinski definition) is 4. The van der Waals surface area contributed by atoms with Gasteiger partial charge in [0.15, 0.2) is 0 Å². The number of fused-ring (bicyclic) bond motifs is 1. The Morgan fingerprint density at radius 1 is 1.29 bits per heavy atom. The van der Waals surface area contributed by atoms with Crippen molar-refractivity contribution in [2.75, 3.05) is 44.7 Å². The van der Waals surface area contributed by atoms with Crippen molar-refractivity contribution in [2.24, 2.45) is 5.73 Å². The predicted octanol–water partition coefficient (Wildman–Crippen LogP) is 0.501. The summed E-state index contributed by atoms with van der Waals surface area (Å²) in [5, 5.41) is 3.32. The Kier molecular flexibility index (Phi) is 4.12. The van der Waals surface area contributed by atoms with Gasteiger partial charge in [0.25, 0.3) is 0 Å². The van der Waals surface area contributed by atoms with Crippen LogP contribution in [-0.4, -0.2) is 50.6 Å². The molecule has 5 nitrogen and oxygen atoms in total. The van der Waals surface area contributed by atoms with Crippen molar-refractivity contribution in [3.63, 3.8) is 0 Å². The van der Waals surface area contributed by atoms with E-state index in [2.05, 4.69) is 40.4 Å². The van der Waals surface area contributed by atoms with Crippen LogP contribution in [0.2, 0.25) is 0 Å². The van der Waals surface area contributed by atoms with E-state index in [9.17, 15) is 4.79 Å². The number of anilines is 1. The monoisotopic (exact) mass is 288 g/mol. The fraction of sp³-hybridized carbons (Fsp3) is 0.562. The number of carbonyl (C=O) groups excluding carboxylic acids is 1. The van der Waals surface area contributed by atoms with Crippen molar-refractivity contribution in [1.29, 1.82) is 0 Å². The Bertz CT molecular complexity index is 525. The number of piperazine rings is 1. The number of primary amides is 1. The molecule has 3 rings (SSSR count). The van der Waals surface area contributed by atoms with Gasteiger partial charge in [0, 0.05) is 45.5 Å². The molecule has 1 aromatic carbocycles. The minimum Gasteiger partial charge on any atom is -0.374 e. The summed E-state index contributed by atoms with van der Waals surface area (Å²) >= 11 is 0. The lowest BCUT2D eigenvalue weighted by molar-refractivity contribution is -0.123. The quantitative estimate of drug-likeness (QED) is 0.850. The number of nitrogens with zero attached hydrogens (tertiary/aromatic N) is 2. The van der Waals surface area contributed by atoms with E-state index < -0.39 is 0 Å². The second-order valence-corrected chi connectivity index (χ2v) is 6.00. The predicted molar refractivity (Wildman–Crippen MR) is 84.4 cm³/mol. The highest BCUT2D eigenvalue weighted by molar-refractivity contribution is 5.82. The average Bonchev–Trinajstić information content (AvgIpc) is 2.48. The summed E-state index contributed by atoms with van der Waals surface area (Å²) in [6.45, 7) is 4.66. The van der Waals surface area contributed by atoms with Crippen LogP contribution < -0.4 is 16.0 Å². The number of carbonyl (C=O) groups is 1. The lowest BCUT2D eigenvalue weighted by atomic mass is 9.95. The van der Waals surface area contributed by atoms with Gasteiger partial charge in [0.1, 0.15) is 6.04 Å². The zero-order valence-electron chi connectivity index (χ0n) is 12.6. The van der Waals surface area contributed by atoms with Gasteiger partial charge in [-0.25, -0.2) is 0 Å². The van der Waals surface area contributed by atoms with Crippen LogP contribution in [0.25, 0.3) is 0 Å². The molecule has 0 saturated carbocycles. The molecule has 2 aliphatic rings. The van der Waals surface area contributed by atoms with Gasteiger partial charge in [0.2, 0.25) is 5.91 Å². The third kappa shape index (κ3) is 2.89. The van der Waals surface area contributed by atoms with Crippen molar-refractivity contribution in [3.8, 4) is 0 Å². The van der Waals surface area contributed by atoms with Crippen molar-refractivity contribution in [1.82, 2.24) is 10.2 Å².